The van der Waals surface area contributed by atoms with E-state index in [0.717, 1.165) is 15.7 Å². The third-order valence-corrected chi connectivity index (χ3v) is 2.86. The molecule has 5 heteroatoms. The molecule has 0 radical (unpaired) electrons. The first-order valence-electron chi connectivity index (χ1n) is 3.72. The summed E-state index contributed by atoms with van der Waals surface area (Å²) in [5.74, 6) is 0. The van der Waals surface area contributed by atoms with Crippen LogP contribution in [-0.4, -0.2) is 4.98 Å². The van der Waals surface area contributed by atoms with Crippen LogP contribution in [0, 0.1) is 0 Å². The van der Waals surface area contributed by atoms with Crippen LogP contribution in [-0.2, 0) is 0 Å². The highest BCUT2D eigenvalue weighted by atomic mass is 79.9. The molecule has 0 aliphatic heterocycles. The lowest BCUT2D eigenvalue weighted by Crippen LogP contribution is -1.82. The van der Waals surface area contributed by atoms with Gasteiger partial charge in [0, 0.05) is 15.4 Å². The van der Waals surface area contributed by atoms with Crippen molar-refractivity contribution in [3.8, 4) is 11.3 Å². The molecule has 1 heterocycles. The van der Waals surface area contributed by atoms with Gasteiger partial charge in [-0.25, -0.2) is 4.98 Å². The number of nitrogens with two attached hydrogens (primary N) is 1. The molecule has 2 aromatic rings. The molecule has 0 atom stereocenters. The number of halogens is 2. The number of hydrogen-bond donors (Lipinski definition) is 1. The largest absolute Gasteiger partial charge is 0.375 e. The first kappa shape index (κ1) is 11.7. The van der Waals surface area contributed by atoms with E-state index in [-0.39, 0.29) is 17.0 Å². The number of rotatable bonds is 1. The van der Waals surface area contributed by atoms with Crippen LogP contribution >= 0.6 is 44.2 Å². The van der Waals surface area contributed by atoms with Crippen LogP contribution in [0.1, 0.15) is 0 Å². The molecule has 0 aliphatic rings. The Labute approximate surface area is 105 Å². The summed E-state index contributed by atoms with van der Waals surface area (Å²) < 4.78 is 1.07. The van der Waals surface area contributed by atoms with Crippen molar-refractivity contribution in [2.45, 2.75) is 0 Å². The van der Waals surface area contributed by atoms with Gasteiger partial charge >= 0.3 is 0 Å². The van der Waals surface area contributed by atoms with Crippen molar-refractivity contribution in [3.05, 3.63) is 34.1 Å². The number of benzene rings is 1. The molecular formula is C9H8Br2N2S. The molecule has 74 valence electrons. The van der Waals surface area contributed by atoms with E-state index in [0.29, 0.717) is 5.13 Å². The molecule has 0 spiro atoms. The van der Waals surface area contributed by atoms with Crippen LogP contribution in [0.5, 0.6) is 0 Å². The summed E-state index contributed by atoms with van der Waals surface area (Å²) in [4.78, 5) is 4.19. The van der Waals surface area contributed by atoms with Gasteiger partial charge in [0.05, 0.1) is 5.69 Å². The molecule has 2 nitrogen and oxygen atoms in total. The first-order chi connectivity index (χ1) is 6.25. The maximum Gasteiger partial charge on any atom is 0.180 e. The Morgan fingerprint density at radius 2 is 1.86 bits per heavy atom. The number of thiazole rings is 1. The molecule has 0 bridgehead atoms. The van der Waals surface area contributed by atoms with Gasteiger partial charge in [-0.2, -0.15) is 0 Å². The van der Waals surface area contributed by atoms with Crippen LogP contribution in [0.4, 0.5) is 5.13 Å². The molecule has 1 aromatic heterocycles. The minimum atomic E-state index is 0. The molecular weight excluding hydrogens is 328 g/mol. The average Bonchev–Trinajstić information content (AvgIpc) is 2.53. The molecule has 0 saturated carbocycles. The van der Waals surface area contributed by atoms with Crippen LogP contribution in [0.2, 0.25) is 0 Å². The van der Waals surface area contributed by atoms with Crippen LogP contribution in [0.15, 0.2) is 34.1 Å². The summed E-state index contributed by atoms with van der Waals surface area (Å²) in [5, 5.41) is 2.57. The molecule has 0 amide bonds. The van der Waals surface area contributed by atoms with Crippen molar-refractivity contribution >= 4 is 49.4 Å². The summed E-state index contributed by atoms with van der Waals surface area (Å²) >= 11 is 4.84. The summed E-state index contributed by atoms with van der Waals surface area (Å²) in [6.07, 6.45) is 0. The average molecular weight is 336 g/mol. The van der Waals surface area contributed by atoms with Crippen molar-refractivity contribution in [2.75, 3.05) is 5.73 Å². The SMILES string of the molecule is Br.Nc1nc(-c2ccc(Br)cc2)cs1. The third-order valence-electron chi connectivity index (χ3n) is 1.66. The monoisotopic (exact) mass is 334 g/mol. The molecule has 0 fully saturated rings. The predicted octanol–water partition coefficient (Wildman–Crippen LogP) is 3.73. The Morgan fingerprint density at radius 3 is 2.36 bits per heavy atom. The topological polar surface area (TPSA) is 38.9 Å². The normalized spacial score (nSPS) is 9.50. The van der Waals surface area contributed by atoms with Gasteiger partial charge < -0.3 is 5.73 Å². The number of aromatic nitrogens is 1. The van der Waals surface area contributed by atoms with Gasteiger partial charge in [0.15, 0.2) is 5.13 Å². The van der Waals surface area contributed by atoms with Gasteiger partial charge in [0.2, 0.25) is 0 Å². The van der Waals surface area contributed by atoms with Crippen molar-refractivity contribution < 1.29 is 0 Å². The number of hydrogen-bond acceptors (Lipinski definition) is 3. The second-order valence-corrected chi connectivity index (χ2v) is 4.38. The van der Waals surface area contributed by atoms with E-state index in [1.54, 1.807) is 0 Å². The minimum absolute atomic E-state index is 0. The van der Waals surface area contributed by atoms with E-state index in [1.807, 2.05) is 29.6 Å². The second kappa shape index (κ2) is 4.91. The fourth-order valence-corrected chi connectivity index (χ4v) is 1.88. The van der Waals surface area contributed by atoms with Crippen LogP contribution in [0.3, 0.4) is 0 Å². The van der Waals surface area contributed by atoms with E-state index in [4.69, 9.17) is 5.73 Å². The first-order valence-corrected chi connectivity index (χ1v) is 5.40. The number of anilines is 1. The maximum absolute atomic E-state index is 5.54. The highest BCUT2D eigenvalue weighted by molar-refractivity contribution is 9.10. The second-order valence-electron chi connectivity index (χ2n) is 2.58. The fourth-order valence-electron chi connectivity index (χ4n) is 1.04. The Morgan fingerprint density at radius 1 is 1.21 bits per heavy atom. The lowest BCUT2D eigenvalue weighted by atomic mass is 10.2. The Bertz CT molecular complexity index is 411. The summed E-state index contributed by atoms with van der Waals surface area (Å²) in [5.41, 5.74) is 7.58. The molecule has 2 rings (SSSR count). The lowest BCUT2D eigenvalue weighted by Gasteiger charge is -1.95. The minimum Gasteiger partial charge on any atom is -0.375 e. The van der Waals surface area contributed by atoms with Crippen LogP contribution < -0.4 is 5.73 Å². The van der Waals surface area contributed by atoms with Gasteiger partial charge in [-0.3, -0.25) is 0 Å². The Balaban J connectivity index is 0.000000980. The Kier molecular flexibility index (Phi) is 4.10. The molecule has 0 saturated heterocycles. The lowest BCUT2D eigenvalue weighted by molar-refractivity contribution is 1.41. The van der Waals surface area contributed by atoms with Crippen molar-refractivity contribution in [2.24, 2.45) is 0 Å². The smallest absolute Gasteiger partial charge is 0.180 e. The molecule has 1 aromatic carbocycles. The highest BCUT2D eigenvalue weighted by Gasteiger charge is 2.00. The van der Waals surface area contributed by atoms with Gasteiger partial charge in [-0.05, 0) is 12.1 Å². The standard InChI is InChI=1S/C9H7BrN2S.BrH/c10-7-3-1-6(2-4-7)8-5-13-9(11)12-8;/h1-5H,(H2,11,12);1H. The van der Waals surface area contributed by atoms with Gasteiger partial charge in [-0.15, -0.1) is 28.3 Å². The maximum atomic E-state index is 5.54. The molecule has 14 heavy (non-hydrogen) atoms. The zero-order chi connectivity index (χ0) is 9.26. The van der Waals surface area contributed by atoms with Crippen molar-refractivity contribution in [1.29, 1.82) is 0 Å². The van der Waals surface area contributed by atoms with E-state index in [2.05, 4.69) is 20.9 Å². The van der Waals surface area contributed by atoms with E-state index in [1.165, 1.54) is 11.3 Å². The predicted molar refractivity (Wildman–Crippen MR) is 70.0 cm³/mol. The van der Waals surface area contributed by atoms with Crippen LogP contribution in [0.25, 0.3) is 11.3 Å². The van der Waals surface area contributed by atoms with Crippen molar-refractivity contribution in [1.82, 2.24) is 4.98 Å². The summed E-state index contributed by atoms with van der Waals surface area (Å²) in [7, 11) is 0. The highest BCUT2D eigenvalue weighted by Crippen LogP contribution is 2.24. The fraction of sp³-hybridized carbons (Fsp3) is 0. The van der Waals surface area contributed by atoms with Crippen molar-refractivity contribution in [3.63, 3.8) is 0 Å². The molecule has 2 N–H and O–H groups in total. The zero-order valence-electron chi connectivity index (χ0n) is 7.11. The number of nitrogen functional groups attached to an aromatic ring is 1. The van der Waals surface area contributed by atoms with E-state index < -0.39 is 0 Å². The van der Waals surface area contributed by atoms with Gasteiger partial charge in [-0.1, -0.05) is 28.1 Å². The third kappa shape index (κ3) is 2.56. The van der Waals surface area contributed by atoms with E-state index >= 15 is 0 Å². The zero-order valence-corrected chi connectivity index (χ0v) is 11.2. The quantitative estimate of drug-likeness (QED) is 0.862. The van der Waals surface area contributed by atoms with E-state index in [9.17, 15) is 0 Å². The van der Waals surface area contributed by atoms with Gasteiger partial charge in [0.25, 0.3) is 0 Å². The molecule has 0 aliphatic carbocycles. The van der Waals surface area contributed by atoms with Gasteiger partial charge in [0.1, 0.15) is 0 Å². The summed E-state index contributed by atoms with van der Waals surface area (Å²) in [6.45, 7) is 0. The molecule has 0 unspecified atom stereocenters. The Hall–Kier alpha value is -0.390. The summed E-state index contributed by atoms with van der Waals surface area (Å²) in [6, 6.07) is 8.01. The number of nitrogens with zero attached hydrogens (tertiary/aromatic N) is 1.